The van der Waals surface area contributed by atoms with E-state index in [1.165, 1.54) is 0 Å². The van der Waals surface area contributed by atoms with Gasteiger partial charge in [-0.3, -0.25) is 4.79 Å². The van der Waals surface area contributed by atoms with Gasteiger partial charge in [-0.2, -0.15) is 0 Å². The Morgan fingerprint density at radius 2 is 1.85 bits per heavy atom. The molecule has 0 aliphatic heterocycles. The second-order valence-electron chi connectivity index (χ2n) is 4.79. The summed E-state index contributed by atoms with van der Waals surface area (Å²) >= 11 is 0. The molecule has 0 aliphatic rings. The first-order valence-corrected chi connectivity index (χ1v) is 6.39. The van der Waals surface area contributed by atoms with Gasteiger partial charge in [0.15, 0.2) is 6.61 Å². The number of nitrogens with one attached hydrogen (secondary N) is 1. The minimum absolute atomic E-state index is 0.0301. The van der Waals surface area contributed by atoms with Crippen molar-refractivity contribution >= 4 is 17.3 Å². The maximum atomic E-state index is 11.8. The van der Waals surface area contributed by atoms with Crippen molar-refractivity contribution in [3.05, 3.63) is 53.6 Å². The van der Waals surface area contributed by atoms with Crippen LogP contribution in [0.25, 0.3) is 0 Å². The molecule has 4 heteroatoms. The lowest BCUT2D eigenvalue weighted by atomic mass is 10.1. The van der Waals surface area contributed by atoms with Crippen molar-refractivity contribution in [3.63, 3.8) is 0 Å². The molecule has 0 saturated carbocycles. The van der Waals surface area contributed by atoms with Gasteiger partial charge in [0.05, 0.1) is 0 Å². The van der Waals surface area contributed by atoms with Crippen LogP contribution in [-0.4, -0.2) is 12.5 Å². The number of anilines is 2. The Bertz CT molecular complexity index is 603. The van der Waals surface area contributed by atoms with Crippen molar-refractivity contribution in [1.82, 2.24) is 0 Å². The second kappa shape index (κ2) is 6.10. The minimum Gasteiger partial charge on any atom is -0.484 e. The highest BCUT2D eigenvalue weighted by molar-refractivity contribution is 5.92. The van der Waals surface area contributed by atoms with Crippen LogP contribution in [0.3, 0.4) is 0 Å². The lowest BCUT2D eigenvalue weighted by molar-refractivity contribution is -0.118. The molecule has 2 aromatic rings. The van der Waals surface area contributed by atoms with Crippen molar-refractivity contribution in [3.8, 4) is 5.75 Å². The third-order valence-electron chi connectivity index (χ3n) is 2.74. The van der Waals surface area contributed by atoms with Crippen molar-refractivity contribution in [1.29, 1.82) is 0 Å². The van der Waals surface area contributed by atoms with Crippen LogP contribution in [0.5, 0.6) is 5.75 Å². The van der Waals surface area contributed by atoms with Crippen molar-refractivity contribution in [2.24, 2.45) is 0 Å². The smallest absolute Gasteiger partial charge is 0.262 e. The molecule has 0 aromatic heterocycles. The average Bonchev–Trinajstić information content (AvgIpc) is 2.35. The number of carbonyl (C=O) groups excluding carboxylic acids is 1. The molecule has 4 nitrogen and oxygen atoms in total. The van der Waals surface area contributed by atoms with Crippen molar-refractivity contribution in [2.45, 2.75) is 13.8 Å². The Kier molecular flexibility index (Phi) is 4.25. The zero-order valence-electron chi connectivity index (χ0n) is 11.6. The third kappa shape index (κ3) is 4.02. The number of aryl methyl sites for hydroxylation is 2. The standard InChI is InChI=1S/C16H18N2O2/c1-11-6-12(2)8-15(7-11)20-10-16(19)18-14-5-3-4-13(17)9-14/h3-9H,10,17H2,1-2H3,(H,18,19). The minimum atomic E-state index is -0.213. The molecule has 0 spiro atoms. The van der Waals surface area contributed by atoms with Crippen LogP contribution >= 0.6 is 0 Å². The Morgan fingerprint density at radius 3 is 2.50 bits per heavy atom. The predicted octanol–water partition coefficient (Wildman–Crippen LogP) is 2.90. The first kappa shape index (κ1) is 13.9. The summed E-state index contributed by atoms with van der Waals surface area (Å²) in [5.41, 5.74) is 9.14. The van der Waals surface area contributed by atoms with Gasteiger partial charge in [0.2, 0.25) is 0 Å². The molecule has 0 fully saturated rings. The Hall–Kier alpha value is -2.49. The van der Waals surface area contributed by atoms with E-state index >= 15 is 0 Å². The van der Waals surface area contributed by atoms with Crippen LogP contribution in [0, 0.1) is 13.8 Å². The van der Waals surface area contributed by atoms with E-state index < -0.39 is 0 Å². The quantitative estimate of drug-likeness (QED) is 0.840. The monoisotopic (exact) mass is 270 g/mol. The second-order valence-corrected chi connectivity index (χ2v) is 4.79. The maximum absolute atomic E-state index is 11.8. The summed E-state index contributed by atoms with van der Waals surface area (Å²) in [6.07, 6.45) is 0. The van der Waals surface area contributed by atoms with Crippen LogP contribution in [0.15, 0.2) is 42.5 Å². The van der Waals surface area contributed by atoms with E-state index in [1.807, 2.05) is 26.0 Å². The molecule has 0 bridgehead atoms. The summed E-state index contributed by atoms with van der Waals surface area (Å²) in [6, 6.07) is 12.9. The van der Waals surface area contributed by atoms with Crippen molar-refractivity contribution < 1.29 is 9.53 Å². The largest absolute Gasteiger partial charge is 0.484 e. The summed E-state index contributed by atoms with van der Waals surface area (Å²) in [5.74, 6) is 0.486. The molecule has 0 radical (unpaired) electrons. The highest BCUT2D eigenvalue weighted by Gasteiger charge is 2.04. The number of rotatable bonds is 4. The lowest BCUT2D eigenvalue weighted by Crippen LogP contribution is -2.20. The fraction of sp³-hybridized carbons (Fsp3) is 0.188. The molecule has 104 valence electrons. The van der Waals surface area contributed by atoms with Crippen LogP contribution in [0.2, 0.25) is 0 Å². The molecular weight excluding hydrogens is 252 g/mol. The van der Waals surface area contributed by atoms with E-state index in [0.29, 0.717) is 17.1 Å². The first-order valence-electron chi connectivity index (χ1n) is 6.39. The fourth-order valence-electron chi connectivity index (χ4n) is 1.98. The molecule has 2 aromatic carbocycles. The highest BCUT2D eigenvalue weighted by atomic mass is 16.5. The topological polar surface area (TPSA) is 64.3 Å². The molecular formula is C16H18N2O2. The van der Waals surface area contributed by atoms with Gasteiger partial charge in [0.1, 0.15) is 5.75 Å². The molecule has 2 rings (SSSR count). The van der Waals surface area contributed by atoms with Crippen LogP contribution in [0.1, 0.15) is 11.1 Å². The van der Waals surface area contributed by atoms with Gasteiger partial charge in [-0.15, -0.1) is 0 Å². The van der Waals surface area contributed by atoms with Gasteiger partial charge in [-0.25, -0.2) is 0 Å². The molecule has 0 atom stereocenters. The number of hydrogen-bond acceptors (Lipinski definition) is 3. The molecule has 1 amide bonds. The molecule has 20 heavy (non-hydrogen) atoms. The molecule has 3 N–H and O–H groups in total. The Balaban J connectivity index is 1.92. The molecule has 0 heterocycles. The van der Waals surface area contributed by atoms with Gasteiger partial charge in [0.25, 0.3) is 5.91 Å². The highest BCUT2D eigenvalue weighted by Crippen LogP contribution is 2.16. The number of ether oxygens (including phenoxy) is 1. The van der Waals surface area contributed by atoms with Gasteiger partial charge in [-0.1, -0.05) is 12.1 Å². The maximum Gasteiger partial charge on any atom is 0.262 e. The summed E-state index contributed by atoms with van der Waals surface area (Å²) in [5, 5.41) is 2.74. The number of benzene rings is 2. The number of amides is 1. The average molecular weight is 270 g/mol. The Morgan fingerprint density at radius 1 is 1.15 bits per heavy atom. The van der Waals surface area contributed by atoms with E-state index in [9.17, 15) is 4.79 Å². The molecule has 0 aliphatic carbocycles. The molecule has 0 saturated heterocycles. The SMILES string of the molecule is Cc1cc(C)cc(OCC(=O)Nc2cccc(N)c2)c1. The zero-order valence-corrected chi connectivity index (χ0v) is 11.6. The summed E-state index contributed by atoms with van der Waals surface area (Å²) in [7, 11) is 0. The van der Waals surface area contributed by atoms with Crippen molar-refractivity contribution in [2.75, 3.05) is 17.7 Å². The Labute approximate surface area is 118 Å². The van der Waals surface area contributed by atoms with E-state index in [4.69, 9.17) is 10.5 Å². The van der Waals surface area contributed by atoms with E-state index in [0.717, 1.165) is 11.1 Å². The number of hydrogen-bond donors (Lipinski definition) is 2. The normalized spacial score (nSPS) is 10.1. The van der Waals surface area contributed by atoms with Gasteiger partial charge >= 0.3 is 0 Å². The zero-order chi connectivity index (χ0) is 14.5. The van der Waals surface area contributed by atoms with Crippen LogP contribution < -0.4 is 15.8 Å². The van der Waals surface area contributed by atoms with E-state index in [2.05, 4.69) is 11.4 Å². The fourth-order valence-corrected chi connectivity index (χ4v) is 1.98. The summed E-state index contributed by atoms with van der Waals surface area (Å²) in [6.45, 7) is 3.96. The van der Waals surface area contributed by atoms with E-state index in [1.54, 1.807) is 24.3 Å². The van der Waals surface area contributed by atoms with Gasteiger partial charge in [-0.05, 0) is 55.3 Å². The lowest BCUT2D eigenvalue weighted by Gasteiger charge is -2.09. The van der Waals surface area contributed by atoms with Crippen LogP contribution in [-0.2, 0) is 4.79 Å². The first-order chi connectivity index (χ1) is 9.52. The van der Waals surface area contributed by atoms with E-state index in [-0.39, 0.29) is 12.5 Å². The van der Waals surface area contributed by atoms with Gasteiger partial charge < -0.3 is 15.8 Å². The summed E-state index contributed by atoms with van der Waals surface area (Å²) < 4.78 is 5.49. The van der Waals surface area contributed by atoms with Gasteiger partial charge in [0, 0.05) is 11.4 Å². The number of nitrogen functional groups attached to an aromatic ring is 1. The third-order valence-corrected chi connectivity index (χ3v) is 2.74. The van der Waals surface area contributed by atoms with Crippen LogP contribution in [0.4, 0.5) is 11.4 Å². The molecule has 0 unspecified atom stereocenters. The predicted molar refractivity (Wildman–Crippen MR) is 80.9 cm³/mol. The number of nitrogens with two attached hydrogens (primary N) is 1. The summed E-state index contributed by atoms with van der Waals surface area (Å²) in [4.78, 5) is 11.8. The number of carbonyl (C=O) groups is 1.